The van der Waals surface area contributed by atoms with Crippen molar-refractivity contribution in [1.82, 2.24) is 5.32 Å². The molecule has 0 radical (unpaired) electrons. The molecule has 3 nitrogen and oxygen atoms in total. The number of unbranched alkanes of at least 4 members (excludes halogenated alkanes) is 4. The predicted octanol–water partition coefficient (Wildman–Crippen LogP) is 4.57. The van der Waals surface area contributed by atoms with Gasteiger partial charge < -0.3 is 14.5 Å². The van der Waals surface area contributed by atoms with E-state index in [0.717, 1.165) is 24.7 Å². The van der Waals surface area contributed by atoms with E-state index < -0.39 is 0 Å². The zero-order valence-corrected chi connectivity index (χ0v) is 13.6. The van der Waals surface area contributed by atoms with Crippen molar-refractivity contribution in [1.29, 1.82) is 0 Å². The SMILES string of the molecule is CCCCCCCOCc1cc(CNC(C)C)oc1C. The maximum Gasteiger partial charge on any atom is 0.118 e. The van der Waals surface area contributed by atoms with Crippen LogP contribution in [0.25, 0.3) is 0 Å². The normalized spacial score (nSPS) is 11.4. The van der Waals surface area contributed by atoms with Gasteiger partial charge in [-0.25, -0.2) is 0 Å². The maximum atomic E-state index is 5.74. The maximum absolute atomic E-state index is 5.74. The molecule has 1 N–H and O–H groups in total. The van der Waals surface area contributed by atoms with E-state index in [1.807, 2.05) is 6.92 Å². The molecule has 0 aliphatic carbocycles. The topological polar surface area (TPSA) is 34.4 Å². The monoisotopic (exact) mass is 281 g/mol. The Morgan fingerprint density at radius 2 is 1.95 bits per heavy atom. The highest BCUT2D eigenvalue weighted by atomic mass is 16.5. The minimum atomic E-state index is 0.475. The van der Waals surface area contributed by atoms with E-state index in [-0.39, 0.29) is 0 Å². The smallest absolute Gasteiger partial charge is 0.118 e. The van der Waals surface area contributed by atoms with Gasteiger partial charge in [0.15, 0.2) is 0 Å². The molecular weight excluding hydrogens is 250 g/mol. The van der Waals surface area contributed by atoms with Gasteiger partial charge in [0.25, 0.3) is 0 Å². The molecule has 0 aromatic carbocycles. The summed E-state index contributed by atoms with van der Waals surface area (Å²) in [6.45, 7) is 10.8. The summed E-state index contributed by atoms with van der Waals surface area (Å²) in [5, 5.41) is 3.36. The molecule has 20 heavy (non-hydrogen) atoms. The molecule has 0 amide bonds. The summed E-state index contributed by atoms with van der Waals surface area (Å²) in [6.07, 6.45) is 6.41. The van der Waals surface area contributed by atoms with Crippen molar-refractivity contribution in [3.63, 3.8) is 0 Å². The summed E-state index contributed by atoms with van der Waals surface area (Å²) in [7, 11) is 0. The van der Waals surface area contributed by atoms with Crippen LogP contribution in [-0.2, 0) is 17.9 Å². The lowest BCUT2D eigenvalue weighted by atomic mass is 10.2. The van der Waals surface area contributed by atoms with Gasteiger partial charge in [0, 0.05) is 18.2 Å². The Morgan fingerprint density at radius 1 is 1.20 bits per heavy atom. The molecule has 0 unspecified atom stereocenters. The Morgan fingerprint density at radius 3 is 2.65 bits per heavy atom. The van der Waals surface area contributed by atoms with Crippen molar-refractivity contribution in [2.45, 2.75) is 79.0 Å². The molecule has 0 saturated carbocycles. The zero-order valence-electron chi connectivity index (χ0n) is 13.6. The molecule has 0 spiro atoms. The number of rotatable bonds is 11. The van der Waals surface area contributed by atoms with E-state index in [1.165, 1.54) is 37.7 Å². The average molecular weight is 281 g/mol. The van der Waals surface area contributed by atoms with E-state index in [4.69, 9.17) is 9.15 Å². The van der Waals surface area contributed by atoms with Gasteiger partial charge >= 0.3 is 0 Å². The lowest BCUT2D eigenvalue weighted by Crippen LogP contribution is -2.21. The Kier molecular flexibility index (Phi) is 8.63. The van der Waals surface area contributed by atoms with Crippen LogP contribution in [0.1, 0.15) is 70.0 Å². The van der Waals surface area contributed by atoms with E-state index in [2.05, 4.69) is 32.2 Å². The Hall–Kier alpha value is -0.800. The van der Waals surface area contributed by atoms with Crippen LogP contribution in [0.15, 0.2) is 10.5 Å². The first-order chi connectivity index (χ1) is 9.63. The summed E-state index contributed by atoms with van der Waals surface area (Å²) in [5.41, 5.74) is 1.18. The summed E-state index contributed by atoms with van der Waals surface area (Å²) >= 11 is 0. The van der Waals surface area contributed by atoms with Crippen LogP contribution in [0.5, 0.6) is 0 Å². The number of ether oxygens (including phenoxy) is 1. The Bertz CT molecular complexity index is 358. The van der Waals surface area contributed by atoms with Crippen LogP contribution in [0.2, 0.25) is 0 Å². The lowest BCUT2D eigenvalue weighted by molar-refractivity contribution is 0.116. The highest BCUT2D eigenvalue weighted by molar-refractivity contribution is 5.19. The van der Waals surface area contributed by atoms with Crippen molar-refractivity contribution in [3.8, 4) is 0 Å². The summed E-state index contributed by atoms with van der Waals surface area (Å²) in [5.74, 6) is 1.98. The third kappa shape index (κ3) is 7.11. The van der Waals surface area contributed by atoms with E-state index in [0.29, 0.717) is 12.6 Å². The van der Waals surface area contributed by atoms with Crippen LogP contribution in [0.4, 0.5) is 0 Å². The molecule has 0 saturated heterocycles. The minimum Gasteiger partial charge on any atom is -0.465 e. The highest BCUT2D eigenvalue weighted by Gasteiger charge is 2.07. The first-order valence-corrected chi connectivity index (χ1v) is 8.02. The Labute approximate surface area is 124 Å². The van der Waals surface area contributed by atoms with Crippen LogP contribution >= 0.6 is 0 Å². The third-order valence-corrected chi connectivity index (χ3v) is 3.41. The second-order valence-electron chi connectivity index (χ2n) is 5.80. The second-order valence-corrected chi connectivity index (χ2v) is 5.80. The van der Waals surface area contributed by atoms with Crippen molar-refractivity contribution in [3.05, 3.63) is 23.2 Å². The number of aryl methyl sites for hydroxylation is 1. The van der Waals surface area contributed by atoms with Crippen molar-refractivity contribution < 1.29 is 9.15 Å². The van der Waals surface area contributed by atoms with Crippen molar-refractivity contribution in [2.75, 3.05) is 6.61 Å². The molecule has 1 aromatic rings. The van der Waals surface area contributed by atoms with Crippen molar-refractivity contribution in [2.24, 2.45) is 0 Å². The molecule has 0 aliphatic heterocycles. The molecule has 0 fully saturated rings. The average Bonchev–Trinajstić information content (AvgIpc) is 2.76. The Balaban J connectivity index is 2.19. The van der Waals surface area contributed by atoms with E-state index in [1.54, 1.807) is 0 Å². The molecule has 1 heterocycles. The van der Waals surface area contributed by atoms with E-state index >= 15 is 0 Å². The van der Waals surface area contributed by atoms with Gasteiger partial charge in [-0.3, -0.25) is 0 Å². The van der Waals surface area contributed by atoms with Gasteiger partial charge in [0.2, 0.25) is 0 Å². The first kappa shape index (κ1) is 17.3. The van der Waals surface area contributed by atoms with E-state index in [9.17, 15) is 0 Å². The summed E-state index contributed by atoms with van der Waals surface area (Å²) in [4.78, 5) is 0. The largest absolute Gasteiger partial charge is 0.465 e. The van der Waals surface area contributed by atoms with Gasteiger partial charge in [0.1, 0.15) is 11.5 Å². The molecule has 1 rings (SSSR count). The quantitative estimate of drug-likeness (QED) is 0.603. The molecule has 0 bridgehead atoms. The van der Waals surface area contributed by atoms with Crippen LogP contribution < -0.4 is 5.32 Å². The number of furan rings is 1. The third-order valence-electron chi connectivity index (χ3n) is 3.41. The van der Waals surface area contributed by atoms with Gasteiger partial charge in [-0.05, 0) is 19.4 Å². The summed E-state index contributed by atoms with van der Waals surface area (Å²) < 4.78 is 11.5. The standard InChI is InChI=1S/C17H31NO2/c1-5-6-7-8-9-10-19-13-16-11-17(20-15(16)4)12-18-14(2)3/h11,14,18H,5-10,12-13H2,1-4H3. The zero-order chi connectivity index (χ0) is 14.8. The fourth-order valence-corrected chi connectivity index (χ4v) is 2.11. The lowest BCUT2D eigenvalue weighted by Gasteiger charge is -2.04. The predicted molar refractivity (Wildman–Crippen MR) is 83.8 cm³/mol. The van der Waals surface area contributed by atoms with Gasteiger partial charge in [-0.15, -0.1) is 0 Å². The summed E-state index contributed by atoms with van der Waals surface area (Å²) in [6, 6.07) is 2.59. The van der Waals surface area contributed by atoms with Crippen molar-refractivity contribution >= 4 is 0 Å². The highest BCUT2D eigenvalue weighted by Crippen LogP contribution is 2.16. The van der Waals surface area contributed by atoms with Gasteiger partial charge in [-0.1, -0.05) is 46.5 Å². The first-order valence-electron chi connectivity index (χ1n) is 8.02. The van der Waals surface area contributed by atoms with Gasteiger partial charge in [-0.2, -0.15) is 0 Å². The molecule has 1 aromatic heterocycles. The van der Waals surface area contributed by atoms with Crippen LogP contribution in [-0.4, -0.2) is 12.6 Å². The molecule has 0 atom stereocenters. The molecular formula is C17H31NO2. The fraction of sp³-hybridized carbons (Fsp3) is 0.765. The molecule has 3 heteroatoms. The second kappa shape index (κ2) is 10.0. The number of nitrogens with one attached hydrogen (secondary N) is 1. The fourth-order valence-electron chi connectivity index (χ4n) is 2.11. The number of hydrogen-bond donors (Lipinski definition) is 1. The molecule has 0 aliphatic rings. The van der Waals surface area contributed by atoms with Gasteiger partial charge in [0.05, 0.1) is 13.2 Å². The number of hydrogen-bond acceptors (Lipinski definition) is 3. The minimum absolute atomic E-state index is 0.475. The molecule has 116 valence electrons. The van der Waals surface area contributed by atoms with Crippen LogP contribution in [0, 0.1) is 6.92 Å². The van der Waals surface area contributed by atoms with Crippen LogP contribution in [0.3, 0.4) is 0 Å².